The van der Waals surface area contributed by atoms with Gasteiger partial charge in [-0.05, 0) is 12.8 Å². The van der Waals surface area contributed by atoms with Crippen molar-refractivity contribution in [3.05, 3.63) is 12.2 Å². The van der Waals surface area contributed by atoms with Gasteiger partial charge in [0.15, 0.2) is 11.8 Å². The first-order valence-electron chi connectivity index (χ1n) is 5.54. The van der Waals surface area contributed by atoms with Gasteiger partial charge in [-0.15, -0.1) is 10.2 Å². The number of hydrogen-bond acceptors (Lipinski definition) is 3. The second-order valence-electron chi connectivity index (χ2n) is 4.01. The Morgan fingerprint density at radius 1 is 1.62 bits per heavy atom. The number of aromatic nitrogens is 3. The second kappa shape index (κ2) is 6.09. The van der Waals surface area contributed by atoms with Crippen LogP contribution in [0.2, 0.25) is 0 Å². The summed E-state index contributed by atoms with van der Waals surface area (Å²) in [6.07, 6.45) is 1.70. The molecule has 0 atom stereocenters. The van der Waals surface area contributed by atoms with Crippen LogP contribution in [0.25, 0.3) is 0 Å². The molecule has 0 aliphatic rings. The van der Waals surface area contributed by atoms with E-state index in [2.05, 4.69) is 34.4 Å². The van der Waals surface area contributed by atoms with Crippen molar-refractivity contribution < 1.29 is 0 Å². The van der Waals surface area contributed by atoms with Gasteiger partial charge in [-0.1, -0.05) is 13.8 Å². The minimum absolute atomic E-state index is 0.458. The molecule has 16 heavy (non-hydrogen) atoms. The van der Waals surface area contributed by atoms with Gasteiger partial charge in [0, 0.05) is 13.1 Å². The topological polar surface area (TPSA) is 81.1 Å². The molecule has 0 bridgehead atoms. The fourth-order valence-electron chi connectivity index (χ4n) is 1.19. The largest absolute Gasteiger partial charge is 0.370 e. The van der Waals surface area contributed by atoms with E-state index < -0.39 is 0 Å². The summed E-state index contributed by atoms with van der Waals surface area (Å²) in [7, 11) is 0. The number of rotatable bonds is 5. The molecule has 0 saturated heterocycles. The number of nitrogens with two attached hydrogens (primary N) is 1. The highest BCUT2D eigenvalue weighted by atomic mass is 15.3. The Bertz CT molecular complexity index is 341. The Kier molecular flexibility index (Phi) is 4.75. The van der Waals surface area contributed by atoms with Crippen molar-refractivity contribution in [3.8, 4) is 0 Å². The van der Waals surface area contributed by atoms with Gasteiger partial charge in [-0.3, -0.25) is 0 Å². The Morgan fingerprint density at radius 2 is 2.38 bits per heavy atom. The van der Waals surface area contributed by atoms with E-state index in [4.69, 9.17) is 5.73 Å². The van der Waals surface area contributed by atoms with Crippen LogP contribution < -0.4 is 11.1 Å². The maximum absolute atomic E-state index is 5.71. The zero-order valence-corrected chi connectivity index (χ0v) is 10.1. The number of nitrogens with one attached hydrogen (secondary N) is 1. The van der Waals surface area contributed by atoms with Crippen molar-refractivity contribution in [1.29, 1.82) is 0 Å². The van der Waals surface area contributed by atoms with Gasteiger partial charge in [-0.2, -0.15) is 0 Å². The predicted octanol–water partition coefficient (Wildman–Crippen LogP) is 0.358. The molecule has 1 heterocycles. The monoisotopic (exact) mass is 224 g/mol. The molecule has 0 aromatic carbocycles. The van der Waals surface area contributed by atoms with E-state index in [0.29, 0.717) is 18.4 Å². The lowest BCUT2D eigenvalue weighted by Gasteiger charge is -2.07. The van der Waals surface area contributed by atoms with Crippen LogP contribution >= 0.6 is 0 Å². The van der Waals surface area contributed by atoms with Crippen LogP contribution in [-0.2, 0) is 13.1 Å². The number of guanidine groups is 1. The average molecular weight is 224 g/mol. The Hall–Kier alpha value is -1.59. The zero-order chi connectivity index (χ0) is 12.0. The fraction of sp³-hybridized carbons (Fsp3) is 0.700. The number of hydrogen-bond donors (Lipinski definition) is 2. The molecule has 1 aromatic heterocycles. The van der Waals surface area contributed by atoms with Crippen molar-refractivity contribution >= 4 is 5.96 Å². The van der Waals surface area contributed by atoms with Crippen molar-refractivity contribution in [1.82, 2.24) is 20.1 Å². The Morgan fingerprint density at radius 3 is 3.00 bits per heavy atom. The number of aryl methyl sites for hydroxylation is 1. The van der Waals surface area contributed by atoms with Crippen LogP contribution in [0.1, 0.15) is 26.6 Å². The molecular formula is C10H20N6. The normalized spacial score (nSPS) is 12.1. The van der Waals surface area contributed by atoms with Crippen molar-refractivity contribution in [2.75, 3.05) is 6.54 Å². The quantitative estimate of drug-likeness (QED) is 0.559. The first kappa shape index (κ1) is 12.5. The third-order valence-corrected chi connectivity index (χ3v) is 2.12. The summed E-state index contributed by atoms with van der Waals surface area (Å²) in [6, 6.07) is 0. The highest BCUT2D eigenvalue weighted by Gasteiger charge is 2.01. The van der Waals surface area contributed by atoms with E-state index in [-0.39, 0.29) is 0 Å². The first-order valence-corrected chi connectivity index (χ1v) is 5.54. The number of aliphatic imine (C=N–C) groups is 1. The van der Waals surface area contributed by atoms with Gasteiger partial charge in [0.2, 0.25) is 0 Å². The predicted molar refractivity (Wildman–Crippen MR) is 63.9 cm³/mol. The summed E-state index contributed by atoms with van der Waals surface area (Å²) in [5.41, 5.74) is 5.71. The van der Waals surface area contributed by atoms with Crippen LogP contribution in [0.3, 0.4) is 0 Å². The standard InChI is InChI=1S/C10H20N6/c1-4-16-7-14-15-9(16)6-13-10(11)12-5-8(2)3/h7-8H,4-6H2,1-3H3,(H3,11,12,13). The summed E-state index contributed by atoms with van der Waals surface area (Å²) in [5, 5.41) is 10.9. The van der Waals surface area contributed by atoms with Crippen LogP contribution in [0.5, 0.6) is 0 Å². The van der Waals surface area contributed by atoms with Crippen LogP contribution in [0.4, 0.5) is 0 Å². The van der Waals surface area contributed by atoms with Crippen LogP contribution in [0.15, 0.2) is 11.3 Å². The molecule has 3 N–H and O–H groups in total. The van der Waals surface area contributed by atoms with Crippen molar-refractivity contribution in [3.63, 3.8) is 0 Å². The second-order valence-corrected chi connectivity index (χ2v) is 4.01. The number of nitrogens with zero attached hydrogens (tertiary/aromatic N) is 4. The van der Waals surface area contributed by atoms with E-state index in [1.807, 2.05) is 11.5 Å². The van der Waals surface area contributed by atoms with Gasteiger partial charge in [0.05, 0.1) is 0 Å². The van der Waals surface area contributed by atoms with E-state index >= 15 is 0 Å². The van der Waals surface area contributed by atoms with Gasteiger partial charge >= 0.3 is 0 Å². The average Bonchev–Trinajstić information content (AvgIpc) is 2.70. The van der Waals surface area contributed by atoms with Crippen molar-refractivity contribution in [2.45, 2.75) is 33.9 Å². The molecule has 6 heteroatoms. The summed E-state index contributed by atoms with van der Waals surface area (Å²) < 4.78 is 1.94. The van der Waals surface area contributed by atoms with Gasteiger partial charge < -0.3 is 15.6 Å². The highest BCUT2D eigenvalue weighted by Crippen LogP contribution is 1.96. The summed E-state index contributed by atoms with van der Waals surface area (Å²) in [6.45, 7) is 8.41. The van der Waals surface area contributed by atoms with E-state index in [1.54, 1.807) is 6.33 Å². The minimum atomic E-state index is 0.458. The van der Waals surface area contributed by atoms with Gasteiger partial charge in [0.1, 0.15) is 12.9 Å². The molecule has 0 radical (unpaired) electrons. The molecule has 0 aliphatic carbocycles. The van der Waals surface area contributed by atoms with E-state index in [1.165, 1.54) is 0 Å². The highest BCUT2D eigenvalue weighted by molar-refractivity contribution is 5.77. The summed E-state index contributed by atoms with van der Waals surface area (Å²) >= 11 is 0. The molecule has 0 spiro atoms. The molecule has 1 rings (SSSR count). The lowest BCUT2D eigenvalue weighted by molar-refractivity contribution is 0.620. The third kappa shape index (κ3) is 3.88. The van der Waals surface area contributed by atoms with Gasteiger partial charge in [-0.25, -0.2) is 4.99 Å². The molecule has 0 unspecified atom stereocenters. The molecule has 6 nitrogen and oxygen atoms in total. The lowest BCUT2D eigenvalue weighted by Crippen LogP contribution is -2.34. The molecular weight excluding hydrogens is 204 g/mol. The SMILES string of the molecule is CCn1cnnc1CN=C(N)NCC(C)C. The molecule has 0 fully saturated rings. The molecule has 0 aliphatic heterocycles. The van der Waals surface area contributed by atoms with E-state index in [0.717, 1.165) is 18.9 Å². The Labute approximate surface area is 96.0 Å². The molecule has 0 amide bonds. The maximum atomic E-state index is 5.71. The lowest BCUT2D eigenvalue weighted by atomic mass is 10.2. The zero-order valence-electron chi connectivity index (χ0n) is 10.1. The first-order chi connectivity index (χ1) is 7.63. The third-order valence-electron chi connectivity index (χ3n) is 2.12. The molecule has 0 saturated carbocycles. The fourth-order valence-corrected chi connectivity index (χ4v) is 1.19. The summed E-state index contributed by atoms with van der Waals surface area (Å²) in [4.78, 5) is 4.21. The molecule has 90 valence electrons. The van der Waals surface area contributed by atoms with E-state index in [9.17, 15) is 0 Å². The van der Waals surface area contributed by atoms with Crippen molar-refractivity contribution in [2.24, 2.45) is 16.6 Å². The smallest absolute Gasteiger partial charge is 0.189 e. The Balaban J connectivity index is 2.46. The maximum Gasteiger partial charge on any atom is 0.189 e. The minimum Gasteiger partial charge on any atom is -0.370 e. The van der Waals surface area contributed by atoms with Crippen LogP contribution in [0, 0.1) is 5.92 Å². The van der Waals surface area contributed by atoms with Crippen LogP contribution in [-0.4, -0.2) is 27.3 Å². The molecule has 1 aromatic rings. The van der Waals surface area contributed by atoms with Gasteiger partial charge in [0.25, 0.3) is 0 Å². The summed E-state index contributed by atoms with van der Waals surface area (Å²) in [5.74, 6) is 1.84.